The average molecular weight is 264 g/mol. The minimum absolute atomic E-state index is 0.145. The minimum Gasteiger partial charge on any atom is -0.346 e. The van der Waals surface area contributed by atoms with Crippen molar-refractivity contribution in [3.05, 3.63) is 11.6 Å². The molecule has 0 spiro atoms. The van der Waals surface area contributed by atoms with Crippen LogP contribution < -0.4 is 5.32 Å². The van der Waals surface area contributed by atoms with Gasteiger partial charge in [0, 0.05) is 12.5 Å². The van der Waals surface area contributed by atoms with Crippen LogP contribution in [0.15, 0.2) is 0 Å². The lowest BCUT2D eigenvalue weighted by Gasteiger charge is -2.29. The van der Waals surface area contributed by atoms with E-state index >= 15 is 0 Å². The van der Waals surface area contributed by atoms with Gasteiger partial charge in [0.2, 0.25) is 5.82 Å². The van der Waals surface area contributed by atoms with E-state index in [2.05, 4.69) is 27.4 Å². The molecule has 5 heteroatoms. The Morgan fingerprint density at radius 3 is 2.68 bits per heavy atom. The molecule has 0 bridgehead atoms. The number of nitrogens with one attached hydrogen (secondary N) is 2. The Morgan fingerprint density at radius 1 is 1.37 bits per heavy atom. The Morgan fingerprint density at radius 2 is 2.11 bits per heavy atom. The maximum absolute atomic E-state index is 12.1. The molecule has 1 fully saturated rings. The highest BCUT2D eigenvalue weighted by Crippen LogP contribution is 2.27. The molecule has 0 radical (unpaired) electrons. The summed E-state index contributed by atoms with van der Waals surface area (Å²) in [4.78, 5) is 16.3. The highest BCUT2D eigenvalue weighted by Gasteiger charge is 2.25. The van der Waals surface area contributed by atoms with Crippen molar-refractivity contribution in [2.45, 2.75) is 64.8 Å². The van der Waals surface area contributed by atoms with Gasteiger partial charge < -0.3 is 5.32 Å². The number of aromatic nitrogens is 3. The topological polar surface area (TPSA) is 70.7 Å². The highest BCUT2D eigenvalue weighted by atomic mass is 16.2. The summed E-state index contributed by atoms with van der Waals surface area (Å²) in [6.45, 7) is 4.12. The molecule has 1 aliphatic carbocycles. The van der Waals surface area contributed by atoms with Gasteiger partial charge in [0.1, 0.15) is 5.82 Å². The number of nitrogens with zero attached hydrogens (tertiary/aromatic N) is 2. The molecule has 1 aliphatic rings. The molecular weight excluding hydrogens is 240 g/mol. The third-order valence-corrected chi connectivity index (χ3v) is 4.04. The first-order valence-corrected chi connectivity index (χ1v) is 7.46. The number of H-pyrrole nitrogens is 1. The van der Waals surface area contributed by atoms with Crippen molar-refractivity contribution in [2.75, 3.05) is 0 Å². The molecule has 2 rings (SSSR count). The summed E-state index contributed by atoms with van der Waals surface area (Å²) in [5.74, 6) is 1.50. The second kappa shape index (κ2) is 6.68. The largest absolute Gasteiger partial charge is 0.346 e. The predicted octanol–water partition coefficient (Wildman–Crippen LogP) is 2.46. The van der Waals surface area contributed by atoms with Gasteiger partial charge in [-0.05, 0) is 25.2 Å². The molecule has 2 N–H and O–H groups in total. The van der Waals surface area contributed by atoms with Crippen LogP contribution in [0.4, 0.5) is 0 Å². The van der Waals surface area contributed by atoms with Gasteiger partial charge in [-0.25, -0.2) is 4.98 Å². The third kappa shape index (κ3) is 3.55. The standard InChI is InChI=1S/C14H24N4O/c1-3-11(10-8-6-5-7-9-10)15-14(19)13-16-12(4-2)17-18-13/h10-11H,3-9H2,1-2H3,(H,15,19)(H,16,17,18). The summed E-state index contributed by atoms with van der Waals surface area (Å²) < 4.78 is 0. The zero-order valence-corrected chi connectivity index (χ0v) is 11.9. The molecule has 106 valence electrons. The van der Waals surface area contributed by atoms with Crippen LogP contribution in [0.25, 0.3) is 0 Å². The molecule has 1 aromatic rings. The summed E-state index contributed by atoms with van der Waals surface area (Å²) in [6, 6.07) is 0.261. The number of hydrogen-bond donors (Lipinski definition) is 2. The third-order valence-electron chi connectivity index (χ3n) is 4.04. The van der Waals surface area contributed by atoms with Crippen LogP contribution in [0.2, 0.25) is 0 Å². The molecule has 1 atom stereocenters. The molecule has 5 nitrogen and oxygen atoms in total. The van der Waals surface area contributed by atoms with E-state index in [9.17, 15) is 4.79 Å². The van der Waals surface area contributed by atoms with Gasteiger partial charge >= 0.3 is 0 Å². The smallest absolute Gasteiger partial charge is 0.291 e. The number of hydrogen-bond acceptors (Lipinski definition) is 3. The Balaban J connectivity index is 1.95. The molecule has 0 aromatic carbocycles. The molecule has 1 amide bonds. The van der Waals surface area contributed by atoms with E-state index < -0.39 is 0 Å². The first-order chi connectivity index (χ1) is 9.24. The van der Waals surface area contributed by atoms with Crippen LogP contribution >= 0.6 is 0 Å². The van der Waals surface area contributed by atoms with Crippen LogP contribution in [0.3, 0.4) is 0 Å². The fourth-order valence-corrected chi connectivity index (χ4v) is 2.88. The van der Waals surface area contributed by atoms with Gasteiger partial charge in [-0.15, -0.1) is 5.10 Å². The van der Waals surface area contributed by atoms with Crippen molar-refractivity contribution in [3.63, 3.8) is 0 Å². The quantitative estimate of drug-likeness (QED) is 0.858. The zero-order valence-electron chi connectivity index (χ0n) is 11.9. The van der Waals surface area contributed by atoms with E-state index in [0.29, 0.717) is 5.92 Å². The van der Waals surface area contributed by atoms with E-state index in [-0.39, 0.29) is 17.8 Å². The van der Waals surface area contributed by atoms with Gasteiger partial charge in [-0.1, -0.05) is 33.1 Å². The fraction of sp³-hybridized carbons (Fsp3) is 0.786. The normalized spacial score (nSPS) is 18.2. The SMILES string of the molecule is CCc1nc(C(=O)NC(CC)C2CCCCC2)n[nH]1. The Hall–Kier alpha value is -1.39. The van der Waals surface area contributed by atoms with Gasteiger partial charge in [0.15, 0.2) is 0 Å². The molecular formula is C14H24N4O. The Labute approximate surface area is 114 Å². The molecule has 0 saturated heterocycles. The number of carbonyl (C=O) groups excluding carboxylic acids is 1. The van der Waals surface area contributed by atoms with E-state index in [1.165, 1.54) is 32.1 Å². The second-order valence-electron chi connectivity index (χ2n) is 5.35. The fourth-order valence-electron chi connectivity index (χ4n) is 2.88. The molecule has 1 saturated carbocycles. The average Bonchev–Trinajstić information content (AvgIpc) is 2.94. The van der Waals surface area contributed by atoms with Crippen LogP contribution in [-0.2, 0) is 6.42 Å². The van der Waals surface area contributed by atoms with Crippen LogP contribution in [0.5, 0.6) is 0 Å². The summed E-state index contributed by atoms with van der Waals surface area (Å²) >= 11 is 0. The monoisotopic (exact) mass is 264 g/mol. The number of rotatable bonds is 5. The maximum Gasteiger partial charge on any atom is 0.291 e. The van der Waals surface area contributed by atoms with Crippen LogP contribution in [0, 0.1) is 5.92 Å². The van der Waals surface area contributed by atoms with Gasteiger partial charge in [0.25, 0.3) is 5.91 Å². The zero-order chi connectivity index (χ0) is 13.7. The van der Waals surface area contributed by atoms with Crippen molar-refractivity contribution in [2.24, 2.45) is 5.92 Å². The van der Waals surface area contributed by atoms with Crippen molar-refractivity contribution >= 4 is 5.91 Å². The molecule has 1 heterocycles. The lowest BCUT2D eigenvalue weighted by molar-refractivity contribution is 0.0901. The number of aromatic amines is 1. The predicted molar refractivity (Wildman–Crippen MR) is 73.9 cm³/mol. The van der Waals surface area contributed by atoms with Crippen LogP contribution in [0.1, 0.15) is 68.8 Å². The Bertz CT molecular complexity index is 409. The summed E-state index contributed by atoms with van der Waals surface area (Å²) in [5.41, 5.74) is 0. The van der Waals surface area contributed by atoms with Crippen LogP contribution in [-0.4, -0.2) is 27.1 Å². The summed E-state index contributed by atoms with van der Waals surface area (Å²) in [6.07, 6.45) is 8.11. The second-order valence-corrected chi connectivity index (χ2v) is 5.35. The van der Waals surface area contributed by atoms with Crippen molar-refractivity contribution in [1.82, 2.24) is 20.5 Å². The molecule has 0 aliphatic heterocycles. The first-order valence-electron chi connectivity index (χ1n) is 7.46. The van der Waals surface area contributed by atoms with E-state index in [1.807, 2.05) is 6.92 Å². The number of amides is 1. The first kappa shape index (κ1) is 14.0. The van der Waals surface area contributed by atoms with Crippen molar-refractivity contribution < 1.29 is 4.79 Å². The Kier molecular flexibility index (Phi) is 4.93. The summed E-state index contributed by atoms with van der Waals surface area (Å²) in [5, 5.41) is 9.86. The number of carbonyl (C=O) groups is 1. The van der Waals surface area contributed by atoms with E-state index in [4.69, 9.17) is 0 Å². The van der Waals surface area contributed by atoms with Crippen molar-refractivity contribution in [3.8, 4) is 0 Å². The van der Waals surface area contributed by atoms with E-state index in [0.717, 1.165) is 18.7 Å². The lowest BCUT2D eigenvalue weighted by atomic mass is 9.83. The van der Waals surface area contributed by atoms with Crippen molar-refractivity contribution in [1.29, 1.82) is 0 Å². The van der Waals surface area contributed by atoms with Gasteiger partial charge in [0.05, 0.1) is 0 Å². The van der Waals surface area contributed by atoms with E-state index in [1.54, 1.807) is 0 Å². The summed E-state index contributed by atoms with van der Waals surface area (Å²) in [7, 11) is 0. The van der Waals surface area contributed by atoms with Gasteiger partial charge in [-0.3, -0.25) is 9.89 Å². The van der Waals surface area contributed by atoms with Gasteiger partial charge in [-0.2, -0.15) is 0 Å². The molecule has 19 heavy (non-hydrogen) atoms. The highest BCUT2D eigenvalue weighted by molar-refractivity contribution is 5.90. The lowest BCUT2D eigenvalue weighted by Crippen LogP contribution is -2.41. The maximum atomic E-state index is 12.1. The molecule has 1 aromatic heterocycles. The molecule has 1 unspecified atom stereocenters. The number of aryl methyl sites for hydroxylation is 1. The minimum atomic E-state index is -0.145.